The minimum Gasteiger partial charge on any atom is -0.363 e. The van der Waals surface area contributed by atoms with Crippen LogP contribution in [-0.2, 0) is 24.3 Å². The summed E-state index contributed by atoms with van der Waals surface area (Å²) >= 11 is 0. The van der Waals surface area contributed by atoms with Gasteiger partial charge in [0.1, 0.15) is 0 Å². The van der Waals surface area contributed by atoms with Gasteiger partial charge in [-0.15, -0.1) is 0 Å². The van der Waals surface area contributed by atoms with Gasteiger partial charge in [0.25, 0.3) is 5.56 Å². The van der Waals surface area contributed by atoms with Crippen LogP contribution < -0.4 is 16.2 Å². The van der Waals surface area contributed by atoms with Crippen LogP contribution in [0.1, 0.15) is 62.6 Å². The minimum atomic E-state index is -0.155. The zero-order chi connectivity index (χ0) is 28.6. The first kappa shape index (κ1) is 28.6. The molecule has 0 saturated carbocycles. The Labute approximate surface area is 242 Å². The molecule has 1 saturated heterocycles. The zero-order valence-electron chi connectivity index (χ0n) is 24.2. The van der Waals surface area contributed by atoms with Crippen LogP contribution in [0, 0.1) is 0 Å². The van der Waals surface area contributed by atoms with Crippen LogP contribution in [0.15, 0.2) is 77.9 Å². The molecule has 0 unspecified atom stereocenters. The lowest BCUT2D eigenvalue weighted by Crippen LogP contribution is -2.40. The number of amides is 1. The summed E-state index contributed by atoms with van der Waals surface area (Å²) in [5.74, 6) is 0.441. The molecule has 7 nitrogen and oxygen atoms in total. The summed E-state index contributed by atoms with van der Waals surface area (Å²) in [6.07, 6.45) is 8.94. The number of piperidine rings is 1. The summed E-state index contributed by atoms with van der Waals surface area (Å²) in [6.45, 7) is 7.58. The molecule has 41 heavy (non-hydrogen) atoms. The van der Waals surface area contributed by atoms with Gasteiger partial charge in [0, 0.05) is 56.7 Å². The van der Waals surface area contributed by atoms with Crippen LogP contribution >= 0.6 is 0 Å². The summed E-state index contributed by atoms with van der Waals surface area (Å²) in [5.41, 5.74) is 4.36. The van der Waals surface area contributed by atoms with Crippen molar-refractivity contribution >= 4 is 22.5 Å². The highest BCUT2D eigenvalue weighted by Gasteiger charge is 2.21. The second-order valence-electron chi connectivity index (χ2n) is 11.1. The number of benzene rings is 3. The third-order valence-corrected chi connectivity index (χ3v) is 7.86. The minimum absolute atomic E-state index is 0.0537. The van der Waals surface area contributed by atoms with E-state index < -0.39 is 0 Å². The Morgan fingerprint density at radius 2 is 1.59 bits per heavy atom. The molecule has 4 aromatic rings. The average Bonchev–Trinajstić information content (AvgIpc) is 2.99. The fourth-order valence-corrected chi connectivity index (χ4v) is 5.58. The highest BCUT2D eigenvalue weighted by molar-refractivity contribution is 5.83. The number of nitrogens with one attached hydrogen (secondary N) is 2. The first-order valence-corrected chi connectivity index (χ1v) is 15.0. The predicted molar refractivity (Wildman–Crippen MR) is 166 cm³/mol. The van der Waals surface area contributed by atoms with Crippen molar-refractivity contribution in [3.63, 3.8) is 0 Å². The van der Waals surface area contributed by atoms with Crippen LogP contribution in [0.2, 0.25) is 0 Å². The van der Waals surface area contributed by atoms with Crippen LogP contribution in [0.4, 0.5) is 5.82 Å². The Kier molecular flexibility index (Phi) is 9.47. The zero-order valence-corrected chi connectivity index (χ0v) is 24.2. The third kappa shape index (κ3) is 7.41. The smallest absolute Gasteiger partial charge is 0.297 e. The topological polar surface area (TPSA) is 79.3 Å². The van der Waals surface area contributed by atoms with Gasteiger partial charge in [0.2, 0.25) is 5.91 Å². The molecule has 1 aromatic heterocycles. The third-order valence-electron chi connectivity index (χ3n) is 7.86. The molecule has 214 valence electrons. The van der Waals surface area contributed by atoms with E-state index >= 15 is 0 Å². The second kappa shape index (κ2) is 13.6. The lowest BCUT2D eigenvalue weighted by atomic mass is 10.0. The molecule has 2 N–H and O–H groups in total. The molecule has 0 bridgehead atoms. The van der Waals surface area contributed by atoms with Gasteiger partial charge in [0.05, 0.1) is 0 Å². The number of hydrogen-bond donors (Lipinski definition) is 2. The highest BCUT2D eigenvalue weighted by atomic mass is 16.1. The van der Waals surface area contributed by atoms with Crippen LogP contribution in [0.25, 0.3) is 16.5 Å². The molecule has 1 aliphatic rings. The molecule has 1 aliphatic heterocycles. The Morgan fingerprint density at radius 3 is 2.29 bits per heavy atom. The molecule has 0 atom stereocenters. The number of aryl methyl sites for hydroxylation is 1. The van der Waals surface area contributed by atoms with Gasteiger partial charge < -0.3 is 10.6 Å². The SMILES string of the molecule is CCCC(=O)NCc1ccc(-n2ccnc(NC3CCN(Cc4ccc5cc(CCC)ccc5c4)CC3)c2=O)cc1. The Balaban J connectivity index is 1.15. The highest BCUT2D eigenvalue weighted by Crippen LogP contribution is 2.22. The molecule has 1 fully saturated rings. The van der Waals surface area contributed by atoms with Gasteiger partial charge in [-0.05, 0) is 71.3 Å². The number of aromatic nitrogens is 2. The predicted octanol–water partition coefficient (Wildman–Crippen LogP) is 5.83. The van der Waals surface area contributed by atoms with E-state index in [-0.39, 0.29) is 17.5 Å². The van der Waals surface area contributed by atoms with Crippen molar-refractivity contribution in [1.29, 1.82) is 0 Å². The summed E-state index contributed by atoms with van der Waals surface area (Å²) in [7, 11) is 0. The van der Waals surface area contributed by atoms with Gasteiger partial charge in [-0.1, -0.05) is 62.7 Å². The van der Waals surface area contributed by atoms with Gasteiger partial charge in [0.15, 0.2) is 5.82 Å². The average molecular weight is 552 g/mol. The number of likely N-dealkylation sites (tertiary alicyclic amines) is 1. The van der Waals surface area contributed by atoms with Crippen LogP contribution in [0.5, 0.6) is 0 Å². The second-order valence-corrected chi connectivity index (χ2v) is 11.1. The van der Waals surface area contributed by atoms with E-state index in [0.29, 0.717) is 18.8 Å². The van der Waals surface area contributed by atoms with Gasteiger partial charge in [-0.25, -0.2) is 4.98 Å². The molecule has 3 aromatic carbocycles. The largest absolute Gasteiger partial charge is 0.363 e. The van der Waals surface area contributed by atoms with E-state index in [1.54, 1.807) is 17.0 Å². The monoisotopic (exact) mass is 551 g/mol. The molecule has 0 radical (unpaired) electrons. The quantitative estimate of drug-likeness (QED) is 0.245. The number of fused-ring (bicyclic) bond motifs is 1. The number of nitrogens with zero attached hydrogens (tertiary/aromatic N) is 3. The fraction of sp³-hybridized carbons (Fsp3) is 0.382. The first-order chi connectivity index (χ1) is 20.0. The van der Waals surface area contributed by atoms with Crippen LogP contribution in [-0.4, -0.2) is 39.5 Å². The molecular weight excluding hydrogens is 510 g/mol. The maximum atomic E-state index is 13.3. The Morgan fingerprint density at radius 1 is 0.902 bits per heavy atom. The van der Waals surface area contributed by atoms with Crippen molar-refractivity contribution in [2.45, 2.75) is 71.5 Å². The fourth-order valence-electron chi connectivity index (χ4n) is 5.58. The summed E-state index contributed by atoms with van der Waals surface area (Å²) in [6, 6.07) is 21.6. The number of carbonyl (C=O) groups excluding carboxylic acids is 1. The Bertz CT molecular complexity index is 1520. The first-order valence-electron chi connectivity index (χ1n) is 15.0. The van der Waals surface area contributed by atoms with E-state index in [1.165, 1.54) is 28.3 Å². The molecule has 2 heterocycles. The Hall–Kier alpha value is -3.97. The maximum absolute atomic E-state index is 13.3. The van der Waals surface area contributed by atoms with Crippen molar-refractivity contribution in [3.8, 4) is 5.69 Å². The van der Waals surface area contributed by atoms with Gasteiger partial charge in [-0.3, -0.25) is 19.1 Å². The van der Waals surface area contributed by atoms with Crippen molar-refractivity contribution < 1.29 is 4.79 Å². The van der Waals surface area contributed by atoms with E-state index in [9.17, 15) is 9.59 Å². The maximum Gasteiger partial charge on any atom is 0.297 e. The number of anilines is 1. The van der Waals surface area contributed by atoms with E-state index in [1.807, 2.05) is 31.2 Å². The summed E-state index contributed by atoms with van der Waals surface area (Å²) in [5, 5.41) is 8.96. The van der Waals surface area contributed by atoms with E-state index in [2.05, 4.69) is 63.8 Å². The van der Waals surface area contributed by atoms with Crippen molar-refractivity contribution in [1.82, 2.24) is 19.8 Å². The summed E-state index contributed by atoms with van der Waals surface area (Å²) < 4.78 is 1.62. The van der Waals surface area contributed by atoms with Gasteiger partial charge in [-0.2, -0.15) is 0 Å². The molecule has 0 aliphatic carbocycles. The standard InChI is InChI=1S/C34H41N5O2/c1-3-5-25-7-11-29-22-27(8-12-28(29)21-25)24-38-18-15-30(16-19-38)37-33-34(41)39(20-17-35-33)31-13-9-26(10-14-31)23-36-32(40)6-4-2/h7-14,17,20-22,30H,3-6,15-16,18-19,23-24H2,1-2H3,(H,35,37)(H,36,40). The van der Waals surface area contributed by atoms with Crippen LogP contribution in [0.3, 0.4) is 0 Å². The molecule has 0 spiro atoms. The van der Waals surface area contributed by atoms with Gasteiger partial charge >= 0.3 is 0 Å². The lowest BCUT2D eigenvalue weighted by Gasteiger charge is -2.32. The van der Waals surface area contributed by atoms with Crippen molar-refractivity contribution in [2.24, 2.45) is 0 Å². The summed E-state index contributed by atoms with van der Waals surface area (Å²) in [4.78, 5) is 31.9. The van der Waals surface area contributed by atoms with Crippen molar-refractivity contribution in [3.05, 3.63) is 100 Å². The van der Waals surface area contributed by atoms with E-state index in [4.69, 9.17) is 0 Å². The van der Waals surface area contributed by atoms with E-state index in [0.717, 1.165) is 56.6 Å². The normalized spacial score (nSPS) is 14.3. The molecular formula is C34H41N5O2. The molecule has 1 amide bonds. The number of carbonyl (C=O) groups is 1. The van der Waals surface area contributed by atoms with Crippen molar-refractivity contribution in [2.75, 3.05) is 18.4 Å². The molecule has 7 heteroatoms. The molecule has 5 rings (SSSR count). The lowest BCUT2D eigenvalue weighted by molar-refractivity contribution is -0.121. The number of hydrogen-bond acceptors (Lipinski definition) is 5. The number of rotatable bonds is 11.